The van der Waals surface area contributed by atoms with Crippen molar-refractivity contribution in [3.63, 3.8) is 0 Å². The van der Waals surface area contributed by atoms with Crippen molar-refractivity contribution in [2.75, 3.05) is 20.2 Å². The average molecular weight is 232 g/mol. The van der Waals surface area contributed by atoms with Crippen LogP contribution in [0.4, 0.5) is 0 Å². The zero-order valence-electron chi connectivity index (χ0n) is 10.8. The Hall–Kier alpha value is -1.53. The van der Waals surface area contributed by atoms with Crippen LogP contribution >= 0.6 is 0 Å². The molecule has 0 saturated carbocycles. The molecule has 0 unspecified atom stereocenters. The first-order chi connectivity index (χ1) is 8.15. The van der Waals surface area contributed by atoms with Gasteiger partial charge >= 0.3 is 0 Å². The standard InChI is InChI=1S/C14H20N2O/c1-12(2)16(3)9-6-10-17-14-8-5-4-7-13(14)11-15/h4-5,7-8,12H,6,9-10H2,1-3H3. The fourth-order valence-electron chi connectivity index (χ4n) is 1.44. The molecule has 0 N–H and O–H groups in total. The van der Waals surface area contributed by atoms with Crippen molar-refractivity contribution in [3.8, 4) is 11.8 Å². The number of para-hydroxylation sites is 1. The second kappa shape index (κ2) is 6.93. The molecule has 0 aromatic heterocycles. The maximum atomic E-state index is 8.90. The van der Waals surface area contributed by atoms with E-state index in [0.29, 0.717) is 24.0 Å². The van der Waals surface area contributed by atoms with Crippen LogP contribution in [0.1, 0.15) is 25.8 Å². The normalized spacial score (nSPS) is 10.6. The van der Waals surface area contributed by atoms with Gasteiger partial charge in [0.25, 0.3) is 0 Å². The topological polar surface area (TPSA) is 36.3 Å². The Morgan fingerprint density at radius 3 is 2.71 bits per heavy atom. The van der Waals surface area contributed by atoms with E-state index >= 15 is 0 Å². The summed E-state index contributed by atoms with van der Waals surface area (Å²) in [5.74, 6) is 0.683. The van der Waals surface area contributed by atoms with Crippen LogP contribution in [0.15, 0.2) is 24.3 Å². The molecule has 0 bridgehead atoms. The summed E-state index contributed by atoms with van der Waals surface area (Å²) < 4.78 is 5.61. The van der Waals surface area contributed by atoms with Gasteiger partial charge in [-0.25, -0.2) is 0 Å². The van der Waals surface area contributed by atoms with Gasteiger partial charge in [0.2, 0.25) is 0 Å². The van der Waals surface area contributed by atoms with Crippen LogP contribution in [0, 0.1) is 11.3 Å². The number of nitriles is 1. The molecular weight excluding hydrogens is 212 g/mol. The molecule has 0 atom stereocenters. The lowest BCUT2D eigenvalue weighted by molar-refractivity contribution is 0.233. The van der Waals surface area contributed by atoms with Gasteiger partial charge in [-0.05, 0) is 39.4 Å². The van der Waals surface area contributed by atoms with Gasteiger partial charge < -0.3 is 9.64 Å². The van der Waals surface area contributed by atoms with Crippen LogP contribution in [0.25, 0.3) is 0 Å². The Labute approximate surface area is 104 Å². The molecule has 1 aromatic rings. The summed E-state index contributed by atoms with van der Waals surface area (Å²) >= 11 is 0. The molecule has 0 aliphatic rings. The number of nitrogens with zero attached hydrogens (tertiary/aromatic N) is 2. The molecule has 0 saturated heterocycles. The van der Waals surface area contributed by atoms with Crippen LogP contribution in [0.2, 0.25) is 0 Å². The van der Waals surface area contributed by atoms with Gasteiger partial charge in [0.1, 0.15) is 11.8 Å². The summed E-state index contributed by atoms with van der Waals surface area (Å²) in [5, 5.41) is 8.90. The molecule has 0 radical (unpaired) electrons. The van der Waals surface area contributed by atoms with E-state index in [1.54, 1.807) is 6.07 Å². The van der Waals surface area contributed by atoms with E-state index in [2.05, 4.69) is 31.9 Å². The molecule has 1 aromatic carbocycles. The summed E-state index contributed by atoms with van der Waals surface area (Å²) in [6.07, 6.45) is 0.967. The van der Waals surface area contributed by atoms with Gasteiger partial charge in [0.15, 0.2) is 0 Å². The van der Waals surface area contributed by atoms with Crippen molar-refractivity contribution in [2.45, 2.75) is 26.3 Å². The average Bonchev–Trinajstić information content (AvgIpc) is 2.34. The van der Waals surface area contributed by atoms with Crippen molar-refractivity contribution in [2.24, 2.45) is 0 Å². The summed E-state index contributed by atoms with van der Waals surface area (Å²) in [4.78, 5) is 2.28. The molecule has 0 aliphatic heterocycles. The second-order valence-electron chi connectivity index (χ2n) is 4.38. The summed E-state index contributed by atoms with van der Waals surface area (Å²) in [6, 6.07) is 10.0. The maximum absolute atomic E-state index is 8.90. The third-order valence-corrected chi connectivity index (χ3v) is 2.80. The van der Waals surface area contributed by atoms with Crippen molar-refractivity contribution < 1.29 is 4.74 Å². The Bertz CT molecular complexity index is 382. The highest BCUT2D eigenvalue weighted by molar-refractivity contribution is 5.42. The van der Waals surface area contributed by atoms with E-state index in [4.69, 9.17) is 10.00 Å². The van der Waals surface area contributed by atoms with E-state index in [-0.39, 0.29) is 0 Å². The molecule has 0 amide bonds. The van der Waals surface area contributed by atoms with Gasteiger partial charge in [-0.3, -0.25) is 0 Å². The molecular formula is C14H20N2O. The number of rotatable bonds is 6. The highest BCUT2D eigenvalue weighted by atomic mass is 16.5. The minimum absolute atomic E-state index is 0.557. The Morgan fingerprint density at radius 2 is 2.06 bits per heavy atom. The smallest absolute Gasteiger partial charge is 0.137 e. The van der Waals surface area contributed by atoms with Crippen molar-refractivity contribution in [1.82, 2.24) is 4.90 Å². The monoisotopic (exact) mass is 232 g/mol. The Morgan fingerprint density at radius 1 is 1.35 bits per heavy atom. The first-order valence-electron chi connectivity index (χ1n) is 5.97. The van der Waals surface area contributed by atoms with Crippen molar-refractivity contribution >= 4 is 0 Å². The van der Waals surface area contributed by atoms with Crippen LogP contribution in [0.3, 0.4) is 0 Å². The maximum Gasteiger partial charge on any atom is 0.137 e. The van der Waals surface area contributed by atoms with Crippen LogP contribution < -0.4 is 4.74 Å². The predicted molar refractivity (Wildman–Crippen MR) is 69.0 cm³/mol. The van der Waals surface area contributed by atoms with Gasteiger partial charge in [-0.1, -0.05) is 12.1 Å². The van der Waals surface area contributed by atoms with Gasteiger partial charge in [0.05, 0.1) is 12.2 Å². The molecule has 3 heteroatoms. The fraction of sp³-hybridized carbons (Fsp3) is 0.500. The van der Waals surface area contributed by atoms with Crippen LogP contribution in [0.5, 0.6) is 5.75 Å². The fourth-order valence-corrected chi connectivity index (χ4v) is 1.44. The summed E-state index contributed by atoms with van der Waals surface area (Å²) in [6.45, 7) is 6.00. The predicted octanol–water partition coefficient (Wildman–Crippen LogP) is 2.67. The van der Waals surface area contributed by atoms with E-state index in [1.807, 2.05) is 18.2 Å². The van der Waals surface area contributed by atoms with Crippen LogP contribution in [-0.4, -0.2) is 31.1 Å². The minimum atomic E-state index is 0.557. The zero-order valence-corrected chi connectivity index (χ0v) is 10.8. The van der Waals surface area contributed by atoms with E-state index in [0.717, 1.165) is 13.0 Å². The van der Waals surface area contributed by atoms with Crippen molar-refractivity contribution in [1.29, 1.82) is 5.26 Å². The largest absolute Gasteiger partial charge is 0.492 e. The number of ether oxygens (including phenoxy) is 1. The highest BCUT2D eigenvalue weighted by Crippen LogP contribution is 2.16. The number of hydrogen-bond donors (Lipinski definition) is 0. The summed E-state index contributed by atoms with van der Waals surface area (Å²) in [7, 11) is 2.11. The lowest BCUT2D eigenvalue weighted by atomic mass is 10.2. The lowest BCUT2D eigenvalue weighted by Gasteiger charge is -2.20. The second-order valence-corrected chi connectivity index (χ2v) is 4.38. The molecule has 17 heavy (non-hydrogen) atoms. The van der Waals surface area contributed by atoms with Crippen LogP contribution in [-0.2, 0) is 0 Å². The molecule has 0 fully saturated rings. The van der Waals surface area contributed by atoms with Crippen molar-refractivity contribution in [3.05, 3.63) is 29.8 Å². The zero-order chi connectivity index (χ0) is 12.7. The first-order valence-corrected chi connectivity index (χ1v) is 5.97. The third kappa shape index (κ3) is 4.46. The molecule has 0 heterocycles. The Kier molecular flexibility index (Phi) is 5.51. The first kappa shape index (κ1) is 13.5. The van der Waals surface area contributed by atoms with Gasteiger partial charge in [-0.2, -0.15) is 5.26 Å². The highest BCUT2D eigenvalue weighted by Gasteiger charge is 2.04. The van der Waals surface area contributed by atoms with E-state index in [1.165, 1.54) is 0 Å². The molecule has 0 spiro atoms. The minimum Gasteiger partial charge on any atom is -0.492 e. The quantitative estimate of drug-likeness (QED) is 0.707. The molecule has 1 rings (SSSR count). The molecule has 92 valence electrons. The molecule has 0 aliphatic carbocycles. The van der Waals surface area contributed by atoms with Gasteiger partial charge in [0, 0.05) is 12.6 Å². The van der Waals surface area contributed by atoms with E-state index < -0.39 is 0 Å². The molecule has 3 nitrogen and oxygen atoms in total. The third-order valence-electron chi connectivity index (χ3n) is 2.80. The SMILES string of the molecule is CC(C)N(C)CCCOc1ccccc1C#N. The number of benzene rings is 1. The summed E-state index contributed by atoms with van der Waals surface area (Å²) in [5.41, 5.74) is 0.602. The number of hydrogen-bond acceptors (Lipinski definition) is 3. The Balaban J connectivity index is 2.34. The lowest BCUT2D eigenvalue weighted by Crippen LogP contribution is -2.28. The van der Waals surface area contributed by atoms with E-state index in [9.17, 15) is 0 Å². The van der Waals surface area contributed by atoms with Gasteiger partial charge in [-0.15, -0.1) is 0 Å².